The topological polar surface area (TPSA) is 35.5 Å². The van der Waals surface area contributed by atoms with Gasteiger partial charge in [-0.25, -0.2) is 4.79 Å². The molecule has 100 valence electrons. The average Bonchev–Trinajstić information content (AvgIpc) is 2.39. The highest BCUT2D eigenvalue weighted by atomic mass is 32.2. The minimum Gasteiger partial charge on any atom is -0.479 e. The first kappa shape index (κ1) is 14.9. The predicted molar refractivity (Wildman–Crippen MR) is 74.2 cm³/mol. The largest absolute Gasteiger partial charge is 0.479 e. The van der Waals surface area contributed by atoms with Gasteiger partial charge in [0.05, 0.1) is 6.61 Å². The highest BCUT2D eigenvalue weighted by Gasteiger charge is 2.20. The first-order valence-corrected chi connectivity index (χ1v) is 7.41. The number of esters is 1. The number of rotatable bonds is 7. The van der Waals surface area contributed by atoms with Gasteiger partial charge in [-0.1, -0.05) is 13.3 Å². The second-order valence-electron chi connectivity index (χ2n) is 3.82. The number of hydrogen-bond donors (Lipinski definition) is 0. The lowest BCUT2D eigenvalue weighted by Crippen LogP contribution is -2.29. The zero-order valence-corrected chi connectivity index (χ0v) is 12.0. The molecule has 3 nitrogen and oxygen atoms in total. The summed E-state index contributed by atoms with van der Waals surface area (Å²) < 4.78 is 10.7. The molecular weight excluding hydrogens is 248 g/mol. The van der Waals surface area contributed by atoms with Gasteiger partial charge in [0, 0.05) is 4.90 Å². The van der Waals surface area contributed by atoms with Crippen LogP contribution in [0.5, 0.6) is 5.75 Å². The van der Waals surface area contributed by atoms with Crippen LogP contribution < -0.4 is 4.74 Å². The first-order valence-electron chi connectivity index (χ1n) is 6.18. The molecule has 0 saturated carbocycles. The fraction of sp³-hybridized carbons (Fsp3) is 0.500. The highest BCUT2D eigenvalue weighted by Crippen LogP contribution is 2.21. The molecule has 0 aliphatic carbocycles. The Balaban J connectivity index is 2.66. The Morgan fingerprint density at radius 3 is 2.44 bits per heavy atom. The van der Waals surface area contributed by atoms with Gasteiger partial charge in [-0.3, -0.25) is 0 Å². The number of hydrogen-bond acceptors (Lipinski definition) is 4. The van der Waals surface area contributed by atoms with Gasteiger partial charge >= 0.3 is 5.97 Å². The summed E-state index contributed by atoms with van der Waals surface area (Å²) >= 11 is 1.67. The van der Waals surface area contributed by atoms with Crippen LogP contribution in [0.4, 0.5) is 0 Å². The molecule has 0 fully saturated rings. The molecule has 0 saturated heterocycles. The van der Waals surface area contributed by atoms with Crippen LogP contribution in [-0.2, 0) is 9.53 Å². The molecule has 0 amide bonds. The molecule has 0 aliphatic rings. The summed E-state index contributed by atoms with van der Waals surface area (Å²) in [7, 11) is 0. The van der Waals surface area contributed by atoms with Crippen LogP contribution in [0.15, 0.2) is 29.2 Å². The van der Waals surface area contributed by atoms with E-state index in [0.29, 0.717) is 18.8 Å². The molecule has 0 N–H and O–H groups in total. The van der Waals surface area contributed by atoms with Crippen LogP contribution in [-0.4, -0.2) is 24.9 Å². The van der Waals surface area contributed by atoms with E-state index in [1.54, 1.807) is 18.7 Å². The van der Waals surface area contributed by atoms with Gasteiger partial charge in [-0.15, -0.1) is 11.8 Å². The van der Waals surface area contributed by atoms with Crippen molar-refractivity contribution in [3.63, 3.8) is 0 Å². The Bertz CT molecular complexity index is 362. The summed E-state index contributed by atoms with van der Waals surface area (Å²) in [4.78, 5) is 12.9. The van der Waals surface area contributed by atoms with E-state index in [0.717, 1.165) is 6.42 Å². The summed E-state index contributed by atoms with van der Waals surface area (Å²) in [6.45, 7) is 4.20. The van der Waals surface area contributed by atoms with Gasteiger partial charge in [0.15, 0.2) is 6.10 Å². The molecule has 0 aliphatic heterocycles. The minimum absolute atomic E-state index is 0.284. The van der Waals surface area contributed by atoms with E-state index in [1.165, 1.54) is 4.90 Å². The van der Waals surface area contributed by atoms with Gasteiger partial charge in [0.1, 0.15) is 5.75 Å². The van der Waals surface area contributed by atoms with E-state index in [2.05, 4.69) is 0 Å². The third-order valence-electron chi connectivity index (χ3n) is 2.44. The maximum Gasteiger partial charge on any atom is 0.347 e. The molecule has 1 aromatic carbocycles. The van der Waals surface area contributed by atoms with Crippen LogP contribution in [0.2, 0.25) is 0 Å². The van der Waals surface area contributed by atoms with Crippen molar-refractivity contribution >= 4 is 17.7 Å². The zero-order chi connectivity index (χ0) is 13.4. The molecule has 0 spiro atoms. The van der Waals surface area contributed by atoms with Crippen LogP contribution in [0.3, 0.4) is 0 Å². The van der Waals surface area contributed by atoms with Crippen LogP contribution in [0.1, 0.15) is 26.7 Å². The van der Waals surface area contributed by atoms with Crippen molar-refractivity contribution < 1.29 is 14.3 Å². The smallest absolute Gasteiger partial charge is 0.347 e. The van der Waals surface area contributed by atoms with Gasteiger partial charge in [0.2, 0.25) is 0 Å². The van der Waals surface area contributed by atoms with E-state index in [-0.39, 0.29) is 5.97 Å². The standard InChI is InChI=1S/C14H20O3S/c1-4-6-13(14(15)16-5-2)17-11-7-9-12(18-3)10-8-11/h7-10,13H,4-6H2,1-3H3. The average molecular weight is 268 g/mol. The highest BCUT2D eigenvalue weighted by molar-refractivity contribution is 7.98. The Labute approximate surface area is 113 Å². The summed E-state index contributed by atoms with van der Waals surface area (Å²) in [5.41, 5.74) is 0. The lowest BCUT2D eigenvalue weighted by Gasteiger charge is -2.17. The number of carbonyl (C=O) groups excluding carboxylic acids is 1. The van der Waals surface area contributed by atoms with E-state index in [9.17, 15) is 4.79 Å². The van der Waals surface area contributed by atoms with Gasteiger partial charge in [-0.2, -0.15) is 0 Å². The second-order valence-corrected chi connectivity index (χ2v) is 4.70. The van der Waals surface area contributed by atoms with Crippen molar-refractivity contribution in [2.75, 3.05) is 12.9 Å². The predicted octanol–water partition coefficient (Wildman–Crippen LogP) is 3.52. The molecular formula is C14H20O3S. The van der Waals surface area contributed by atoms with Crippen LogP contribution in [0, 0.1) is 0 Å². The molecule has 1 unspecified atom stereocenters. The van der Waals surface area contributed by atoms with E-state index in [1.807, 2.05) is 37.4 Å². The number of carbonyl (C=O) groups is 1. The van der Waals surface area contributed by atoms with Gasteiger partial charge < -0.3 is 9.47 Å². The maximum atomic E-state index is 11.7. The van der Waals surface area contributed by atoms with Gasteiger partial charge in [-0.05, 0) is 43.9 Å². The lowest BCUT2D eigenvalue weighted by atomic mass is 10.2. The molecule has 0 heterocycles. The van der Waals surface area contributed by atoms with Crippen molar-refractivity contribution in [3.05, 3.63) is 24.3 Å². The Kier molecular flexibility index (Phi) is 6.65. The quantitative estimate of drug-likeness (QED) is 0.560. The fourth-order valence-electron chi connectivity index (χ4n) is 1.54. The molecule has 1 aromatic rings. The number of ether oxygens (including phenoxy) is 2. The summed E-state index contributed by atoms with van der Waals surface area (Å²) in [6.07, 6.45) is 3.07. The summed E-state index contributed by atoms with van der Waals surface area (Å²) in [6, 6.07) is 7.73. The van der Waals surface area contributed by atoms with Crippen LogP contribution in [0.25, 0.3) is 0 Å². The Hall–Kier alpha value is -1.16. The fourth-order valence-corrected chi connectivity index (χ4v) is 1.95. The van der Waals surface area contributed by atoms with Crippen molar-refractivity contribution in [1.29, 1.82) is 0 Å². The zero-order valence-electron chi connectivity index (χ0n) is 11.1. The minimum atomic E-state index is -0.505. The van der Waals surface area contributed by atoms with E-state index in [4.69, 9.17) is 9.47 Å². The lowest BCUT2D eigenvalue weighted by molar-refractivity contribution is -0.151. The van der Waals surface area contributed by atoms with Gasteiger partial charge in [0.25, 0.3) is 0 Å². The Morgan fingerprint density at radius 1 is 1.28 bits per heavy atom. The summed E-state index contributed by atoms with van der Waals surface area (Å²) in [5, 5.41) is 0. The molecule has 1 rings (SSSR count). The van der Waals surface area contributed by atoms with Crippen molar-refractivity contribution in [3.8, 4) is 5.75 Å². The van der Waals surface area contributed by atoms with Crippen molar-refractivity contribution in [2.45, 2.75) is 37.7 Å². The maximum absolute atomic E-state index is 11.7. The monoisotopic (exact) mass is 268 g/mol. The van der Waals surface area contributed by atoms with E-state index >= 15 is 0 Å². The second kappa shape index (κ2) is 8.03. The molecule has 18 heavy (non-hydrogen) atoms. The van der Waals surface area contributed by atoms with E-state index < -0.39 is 6.10 Å². The van der Waals surface area contributed by atoms with Crippen molar-refractivity contribution in [2.24, 2.45) is 0 Å². The number of thioether (sulfide) groups is 1. The molecule has 0 aromatic heterocycles. The molecule has 0 radical (unpaired) electrons. The first-order chi connectivity index (χ1) is 8.71. The number of benzene rings is 1. The molecule has 0 bridgehead atoms. The third-order valence-corrected chi connectivity index (χ3v) is 3.18. The summed E-state index contributed by atoms with van der Waals surface area (Å²) in [5.74, 6) is 0.424. The molecule has 4 heteroatoms. The third kappa shape index (κ3) is 4.61. The Morgan fingerprint density at radius 2 is 1.94 bits per heavy atom. The SMILES string of the molecule is CCCC(Oc1ccc(SC)cc1)C(=O)OCC. The van der Waals surface area contributed by atoms with Crippen molar-refractivity contribution in [1.82, 2.24) is 0 Å². The molecule has 1 atom stereocenters. The van der Waals surface area contributed by atoms with Crippen LogP contribution >= 0.6 is 11.8 Å². The normalized spacial score (nSPS) is 11.9.